The summed E-state index contributed by atoms with van der Waals surface area (Å²) >= 11 is 0. The first-order valence-corrected chi connectivity index (χ1v) is 8.82. The minimum Gasteiger partial charge on any atom is -0.489 e. The van der Waals surface area contributed by atoms with E-state index >= 15 is 0 Å². The van der Waals surface area contributed by atoms with Gasteiger partial charge in [0, 0.05) is 12.6 Å². The van der Waals surface area contributed by atoms with Gasteiger partial charge in [-0.05, 0) is 42.2 Å². The Labute approximate surface area is 150 Å². The molecule has 128 valence electrons. The topological polar surface area (TPSA) is 21.3 Å². The van der Waals surface area contributed by atoms with Crippen molar-refractivity contribution in [1.29, 1.82) is 0 Å². The zero-order valence-corrected chi connectivity index (χ0v) is 14.7. The highest BCUT2D eigenvalue weighted by molar-refractivity contribution is 5.28. The molecule has 2 heteroatoms. The van der Waals surface area contributed by atoms with E-state index in [1.807, 2.05) is 24.3 Å². The SMILES string of the molecule is C[C@@H](Cc1ccc(OCc2ccccc2)cc1)NCc1ccccc1. The van der Waals surface area contributed by atoms with Crippen LogP contribution in [0.4, 0.5) is 0 Å². The molecule has 3 rings (SSSR count). The average Bonchev–Trinajstić information content (AvgIpc) is 2.67. The number of benzene rings is 3. The molecule has 1 atom stereocenters. The van der Waals surface area contributed by atoms with Crippen LogP contribution in [-0.4, -0.2) is 6.04 Å². The summed E-state index contributed by atoms with van der Waals surface area (Å²) < 4.78 is 5.84. The molecule has 0 amide bonds. The maximum atomic E-state index is 5.84. The van der Waals surface area contributed by atoms with Crippen molar-refractivity contribution < 1.29 is 4.74 Å². The van der Waals surface area contributed by atoms with E-state index in [-0.39, 0.29) is 0 Å². The van der Waals surface area contributed by atoms with E-state index < -0.39 is 0 Å². The van der Waals surface area contributed by atoms with Crippen molar-refractivity contribution in [3.63, 3.8) is 0 Å². The lowest BCUT2D eigenvalue weighted by molar-refractivity contribution is 0.306. The second kappa shape index (κ2) is 9.05. The Morgan fingerprint density at radius 1 is 0.720 bits per heavy atom. The highest BCUT2D eigenvalue weighted by atomic mass is 16.5. The van der Waals surface area contributed by atoms with E-state index in [9.17, 15) is 0 Å². The molecule has 0 heterocycles. The van der Waals surface area contributed by atoms with Crippen molar-refractivity contribution in [3.05, 3.63) is 102 Å². The first-order valence-electron chi connectivity index (χ1n) is 8.82. The van der Waals surface area contributed by atoms with Crippen LogP contribution in [0, 0.1) is 0 Å². The van der Waals surface area contributed by atoms with Crippen molar-refractivity contribution in [2.24, 2.45) is 0 Å². The summed E-state index contributed by atoms with van der Waals surface area (Å²) in [5.74, 6) is 0.914. The third-order valence-corrected chi connectivity index (χ3v) is 4.21. The van der Waals surface area contributed by atoms with Crippen LogP contribution >= 0.6 is 0 Å². The Hall–Kier alpha value is -2.58. The van der Waals surface area contributed by atoms with Gasteiger partial charge in [0.1, 0.15) is 12.4 Å². The van der Waals surface area contributed by atoms with Crippen molar-refractivity contribution in [1.82, 2.24) is 5.32 Å². The fourth-order valence-corrected chi connectivity index (χ4v) is 2.78. The quantitative estimate of drug-likeness (QED) is 0.628. The van der Waals surface area contributed by atoms with Gasteiger partial charge in [0.2, 0.25) is 0 Å². The number of hydrogen-bond donors (Lipinski definition) is 1. The lowest BCUT2D eigenvalue weighted by atomic mass is 10.1. The molecule has 3 aromatic rings. The Balaban J connectivity index is 1.45. The fraction of sp³-hybridized carbons (Fsp3) is 0.217. The monoisotopic (exact) mass is 331 g/mol. The predicted molar refractivity (Wildman–Crippen MR) is 104 cm³/mol. The van der Waals surface area contributed by atoms with Gasteiger partial charge in [0.25, 0.3) is 0 Å². The van der Waals surface area contributed by atoms with Gasteiger partial charge in [0.05, 0.1) is 0 Å². The molecule has 0 bridgehead atoms. The summed E-state index contributed by atoms with van der Waals surface area (Å²) in [5, 5.41) is 3.58. The molecule has 0 saturated heterocycles. The molecule has 0 aliphatic rings. The number of hydrogen-bond acceptors (Lipinski definition) is 2. The lowest BCUT2D eigenvalue weighted by Gasteiger charge is -2.14. The molecular weight excluding hydrogens is 306 g/mol. The van der Waals surface area contributed by atoms with E-state index in [1.165, 1.54) is 16.7 Å². The molecule has 25 heavy (non-hydrogen) atoms. The average molecular weight is 331 g/mol. The van der Waals surface area contributed by atoms with Gasteiger partial charge >= 0.3 is 0 Å². The van der Waals surface area contributed by atoms with Crippen LogP contribution in [0.3, 0.4) is 0 Å². The summed E-state index contributed by atoms with van der Waals surface area (Å²) in [4.78, 5) is 0. The van der Waals surface area contributed by atoms with Gasteiger partial charge in [-0.25, -0.2) is 0 Å². The first-order chi connectivity index (χ1) is 12.3. The number of ether oxygens (including phenoxy) is 1. The summed E-state index contributed by atoms with van der Waals surface area (Å²) in [6.07, 6.45) is 1.01. The van der Waals surface area contributed by atoms with Crippen LogP contribution in [0.1, 0.15) is 23.6 Å². The molecule has 1 N–H and O–H groups in total. The van der Waals surface area contributed by atoms with E-state index in [4.69, 9.17) is 4.74 Å². The summed E-state index contributed by atoms with van der Waals surface area (Å²) in [7, 11) is 0. The standard InChI is InChI=1S/C23H25NO/c1-19(24-17-21-8-4-2-5-9-21)16-20-12-14-23(15-13-20)25-18-22-10-6-3-7-11-22/h2-15,19,24H,16-18H2,1H3/t19-/m0/s1. The van der Waals surface area contributed by atoms with Crippen LogP contribution in [0.25, 0.3) is 0 Å². The van der Waals surface area contributed by atoms with E-state index in [0.717, 1.165) is 18.7 Å². The molecule has 0 fully saturated rings. The molecule has 0 unspecified atom stereocenters. The predicted octanol–water partition coefficient (Wildman–Crippen LogP) is 4.99. The third-order valence-electron chi connectivity index (χ3n) is 4.21. The zero-order valence-electron chi connectivity index (χ0n) is 14.7. The Kier molecular flexibility index (Phi) is 6.24. The molecular formula is C23H25NO. The fourth-order valence-electron chi connectivity index (χ4n) is 2.78. The summed E-state index contributed by atoms with van der Waals surface area (Å²) in [6.45, 7) is 3.73. The second-order valence-corrected chi connectivity index (χ2v) is 6.39. The number of nitrogens with one attached hydrogen (secondary N) is 1. The Morgan fingerprint density at radius 3 is 1.96 bits per heavy atom. The van der Waals surface area contributed by atoms with Crippen LogP contribution in [-0.2, 0) is 19.6 Å². The Morgan fingerprint density at radius 2 is 1.32 bits per heavy atom. The molecule has 0 aliphatic carbocycles. The zero-order chi connectivity index (χ0) is 17.3. The van der Waals surface area contributed by atoms with Crippen LogP contribution in [0.5, 0.6) is 5.75 Å². The van der Waals surface area contributed by atoms with Gasteiger partial charge in [0.15, 0.2) is 0 Å². The molecule has 0 aliphatic heterocycles. The first kappa shape index (κ1) is 17.2. The highest BCUT2D eigenvalue weighted by Crippen LogP contribution is 2.15. The normalized spacial score (nSPS) is 11.9. The van der Waals surface area contributed by atoms with Crippen molar-refractivity contribution >= 4 is 0 Å². The second-order valence-electron chi connectivity index (χ2n) is 6.39. The largest absolute Gasteiger partial charge is 0.489 e. The smallest absolute Gasteiger partial charge is 0.119 e. The van der Waals surface area contributed by atoms with E-state index in [2.05, 4.69) is 72.9 Å². The van der Waals surface area contributed by atoms with Crippen molar-refractivity contribution in [2.45, 2.75) is 32.5 Å². The molecule has 0 radical (unpaired) electrons. The van der Waals surface area contributed by atoms with Gasteiger partial charge in [-0.2, -0.15) is 0 Å². The molecule has 0 aromatic heterocycles. The molecule has 0 saturated carbocycles. The van der Waals surface area contributed by atoms with Gasteiger partial charge in [-0.1, -0.05) is 72.8 Å². The minimum atomic E-state index is 0.427. The lowest BCUT2D eigenvalue weighted by Crippen LogP contribution is -2.27. The van der Waals surface area contributed by atoms with Crippen LogP contribution in [0.2, 0.25) is 0 Å². The maximum Gasteiger partial charge on any atom is 0.119 e. The molecule has 2 nitrogen and oxygen atoms in total. The van der Waals surface area contributed by atoms with Crippen LogP contribution < -0.4 is 10.1 Å². The van der Waals surface area contributed by atoms with Gasteiger partial charge in [-0.3, -0.25) is 0 Å². The maximum absolute atomic E-state index is 5.84. The Bertz CT molecular complexity index is 738. The van der Waals surface area contributed by atoms with Crippen molar-refractivity contribution in [3.8, 4) is 5.75 Å². The van der Waals surface area contributed by atoms with Crippen molar-refractivity contribution in [2.75, 3.05) is 0 Å². The summed E-state index contributed by atoms with van der Waals surface area (Å²) in [6, 6.07) is 29.6. The van der Waals surface area contributed by atoms with E-state index in [1.54, 1.807) is 0 Å². The minimum absolute atomic E-state index is 0.427. The van der Waals surface area contributed by atoms with Crippen LogP contribution in [0.15, 0.2) is 84.9 Å². The van der Waals surface area contributed by atoms with Gasteiger partial charge in [-0.15, -0.1) is 0 Å². The molecule has 3 aromatic carbocycles. The highest BCUT2D eigenvalue weighted by Gasteiger charge is 2.04. The van der Waals surface area contributed by atoms with E-state index in [0.29, 0.717) is 12.6 Å². The number of rotatable bonds is 8. The third kappa shape index (κ3) is 5.77. The summed E-state index contributed by atoms with van der Waals surface area (Å²) in [5.41, 5.74) is 3.82. The van der Waals surface area contributed by atoms with Gasteiger partial charge < -0.3 is 10.1 Å². The molecule has 0 spiro atoms.